The van der Waals surface area contributed by atoms with Crippen molar-refractivity contribution < 1.29 is 29.7 Å². The first-order valence-corrected chi connectivity index (χ1v) is 14.4. The topological polar surface area (TPSA) is 57.8 Å². The van der Waals surface area contributed by atoms with Crippen molar-refractivity contribution in [3.63, 3.8) is 0 Å². The van der Waals surface area contributed by atoms with E-state index in [9.17, 15) is 10.2 Å². The molecule has 0 aliphatic heterocycles. The van der Waals surface area contributed by atoms with Gasteiger partial charge in [-0.05, 0) is 51.6 Å². The van der Waals surface area contributed by atoms with Crippen LogP contribution in [0, 0.1) is 0 Å². The molecule has 0 spiro atoms. The molecule has 0 saturated carbocycles. The molecule has 44 heavy (non-hydrogen) atoms. The molecule has 0 aromatic heterocycles. The Morgan fingerprint density at radius 2 is 1.02 bits per heavy atom. The number of benzene rings is 6. The summed E-state index contributed by atoms with van der Waals surface area (Å²) in [5.41, 5.74) is 9.95. The minimum absolute atomic E-state index is 0. The average Bonchev–Trinajstić information content (AvgIpc) is 3.06. The van der Waals surface area contributed by atoms with Gasteiger partial charge >= 0.3 is 19.5 Å². The zero-order valence-corrected chi connectivity index (χ0v) is 27.7. The summed E-state index contributed by atoms with van der Waals surface area (Å²) < 4.78 is 0. The number of para-hydroxylation sites is 2. The molecule has 0 fully saturated rings. The fourth-order valence-electron chi connectivity index (χ4n) is 5.39. The Hall–Kier alpha value is -4.86. The van der Waals surface area contributed by atoms with Gasteiger partial charge in [0.05, 0.1) is 0 Å². The summed E-state index contributed by atoms with van der Waals surface area (Å²) in [7, 11) is 2.05. The summed E-state index contributed by atoms with van der Waals surface area (Å²) in [6.07, 6.45) is 0. The van der Waals surface area contributed by atoms with E-state index in [4.69, 9.17) is 5.32 Å². The molecular formula is C39H33N2O2Zn+. The maximum atomic E-state index is 10.5. The van der Waals surface area contributed by atoms with Crippen LogP contribution in [-0.4, -0.2) is 17.3 Å². The predicted octanol–water partition coefficient (Wildman–Crippen LogP) is 9.94. The third-order valence-electron chi connectivity index (χ3n) is 7.72. The average molecular weight is 627 g/mol. The first-order valence-electron chi connectivity index (χ1n) is 14.4. The van der Waals surface area contributed by atoms with Gasteiger partial charge in [-0.1, -0.05) is 127 Å². The summed E-state index contributed by atoms with van der Waals surface area (Å²) in [5.74, 6) is 0.517. The summed E-state index contributed by atoms with van der Waals surface area (Å²) in [4.78, 5) is 2.18. The van der Waals surface area contributed by atoms with Crippen molar-refractivity contribution in [1.29, 1.82) is 0 Å². The Morgan fingerprint density at radius 1 is 0.523 bits per heavy atom. The maximum Gasteiger partial charge on any atom is 2.00 e. The van der Waals surface area contributed by atoms with Crippen molar-refractivity contribution >= 4 is 11.4 Å². The Morgan fingerprint density at radius 3 is 1.61 bits per heavy atom. The second kappa shape index (κ2) is 14.1. The third-order valence-corrected chi connectivity index (χ3v) is 7.72. The van der Waals surface area contributed by atoms with Crippen LogP contribution < -0.4 is 4.90 Å². The van der Waals surface area contributed by atoms with Gasteiger partial charge in [0.25, 0.3) is 0 Å². The van der Waals surface area contributed by atoms with Gasteiger partial charge in [0.15, 0.2) is 0 Å². The predicted molar refractivity (Wildman–Crippen MR) is 178 cm³/mol. The first kappa shape index (κ1) is 30.6. The van der Waals surface area contributed by atoms with E-state index in [2.05, 4.69) is 72.6 Å². The molecule has 212 valence electrons. The number of hydrogen-bond acceptors (Lipinski definition) is 3. The Labute approximate surface area is 272 Å². The van der Waals surface area contributed by atoms with Crippen molar-refractivity contribution in [2.24, 2.45) is 0 Å². The van der Waals surface area contributed by atoms with E-state index in [1.807, 2.05) is 72.8 Å². The summed E-state index contributed by atoms with van der Waals surface area (Å²) >= 11 is 0. The van der Waals surface area contributed by atoms with Crippen LogP contribution in [-0.2, 0) is 32.6 Å². The number of hydrogen-bond donors (Lipinski definition) is 2. The monoisotopic (exact) mass is 625 g/mol. The van der Waals surface area contributed by atoms with Crippen LogP contribution in [0.15, 0.2) is 146 Å². The van der Waals surface area contributed by atoms with Crippen molar-refractivity contribution in [1.82, 2.24) is 0 Å². The van der Waals surface area contributed by atoms with Gasteiger partial charge in [-0.2, -0.15) is 0 Å². The van der Waals surface area contributed by atoms with Crippen molar-refractivity contribution in [2.45, 2.75) is 13.1 Å². The standard InChI is InChI=1S/C39H33N2O2.Zn/c1-41(27-33-17-9-11-19-39(33)43)37-25-31(29-14-6-3-7-15-29)21-23-35(37)34-22-20-30(28-12-4-2-5-13-28)24-36(34)40-26-32-16-8-10-18-38(32)42;/h2-25,42-43H,26-27H2,1H3;/q-1;+2. The van der Waals surface area contributed by atoms with Crippen LogP contribution in [0.2, 0.25) is 0 Å². The quantitative estimate of drug-likeness (QED) is 0.157. The first-order chi connectivity index (χ1) is 21.1. The SMILES string of the molecule is CN(Cc1ccccc1O)c1cc(-c2ccccc2)ccc1-c1ccc(-c2ccccc2)cc1[N-]Cc1ccccc1O.[Zn+2]. The van der Waals surface area contributed by atoms with Gasteiger partial charge in [-0.15, -0.1) is 12.2 Å². The Bertz CT molecular complexity index is 1840. The largest absolute Gasteiger partial charge is 2.00 e. The molecule has 0 atom stereocenters. The molecule has 0 saturated heterocycles. The smallest absolute Gasteiger partial charge is 0.680 e. The van der Waals surface area contributed by atoms with Gasteiger partial charge in [0.2, 0.25) is 0 Å². The summed E-state index contributed by atoms with van der Waals surface area (Å²) in [6.45, 7) is 0.882. The second-order valence-corrected chi connectivity index (χ2v) is 10.6. The molecule has 6 aromatic rings. The molecule has 0 aliphatic carbocycles. The minimum atomic E-state index is 0. The molecule has 6 rings (SSSR count). The van der Waals surface area contributed by atoms with Gasteiger partial charge < -0.3 is 20.4 Å². The molecule has 0 radical (unpaired) electrons. The summed E-state index contributed by atoms with van der Waals surface area (Å²) in [6, 6.07) is 48.4. The molecule has 0 heterocycles. The van der Waals surface area contributed by atoms with Gasteiger partial charge in [0.1, 0.15) is 11.5 Å². The molecule has 0 bridgehead atoms. The van der Waals surface area contributed by atoms with Crippen molar-refractivity contribution in [3.05, 3.63) is 162 Å². The molecule has 0 aliphatic rings. The molecule has 5 heteroatoms. The van der Waals surface area contributed by atoms with Crippen LogP contribution in [0.1, 0.15) is 11.1 Å². The number of phenols is 2. The van der Waals surface area contributed by atoms with Crippen LogP contribution in [0.4, 0.5) is 11.4 Å². The van der Waals surface area contributed by atoms with Crippen molar-refractivity contribution in [2.75, 3.05) is 11.9 Å². The van der Waals surface area contributed by atoms with E-state index in [0.29, 0.717) is 13.1 Å². The Balaban J connectivity index is 0.00000384. The van der Waals surface area contributed by atoms with Gasteiger partial charge in [-0.3, -0.25) is 0 Å². The molecular weight excluding hydrogens is 594 g/mol. The molecule has 0 unspecified atom stereocenters. The maximum absolute atomic E-state index is 10.5. The van der Waals surface area contributed by atoms with Gasteiger partial charge in [0, 0.05) is 30.4 Å². The van der Waals surface area contributed by atoms with E-state index in [1.54, 1.807) is 12.1 Å². The normalized spacial score (nSPS) is 10.6. The molecule has 6 aromatic carbocycles. The van der Waals surface area contributed by atoms with E-state index in [1.165, 1.54) is 0 Å². The Kier molecular flexibility index (Phi) is 9.79. The number of rotatable bonds is 9. The second-order valence-electron chi connectivity index (χ2n) is 10.6. The minimum Gasteiger partial charge on any atom is -0.680 e. The zero-order chi connectivity index (χ0) is 29.6. The fourth-order valence-corrected chi connectivity index (χ4v) is 5.39. The third kappa shape index (κ3) is 6.85. The number of aromatic hydroxyl groups is 2. The van der Waals surface area contributed by atoms with Crippen LogP contribution in [0.5, 0.6) is 11.5 Å². The molecule has 2 N–H and O–H groups in total. The van der Waals surface area contributed by atoms with Crippen molar-refractivity contribution in [3.8, 4) is 44.9 Å². The van der Waals surface area contributed by atoms with E-state index in [0.717, 1.165) is 55.9 Å². The number of anilines is 1. The van der Waals surface area contributed by atoms with Crippen LogP contribution in [0.3, 0.4) is 0 Å². The van der Waals surface area contributed by atoms with E-state index < -0.39 is 0 Å². The van der Waals surface area contributed by atoms with E-state index in [-0.39, 0.29) is 31.0 Å². The number of phenolic OH excluding ortho intramolecular Hbond substituents is 2. The number of nitrogens with zero attached hydrogens (tertiary/aromatic N) is 2. The van der Waals surface area contributed by atoms with Crippen LogP contribution in [0.25, 0.3) is 38.7 Å². The fraction of sp³-hybridized carbons (Fsp3) is 0.0769. The van der Waals surface area contributed by atoms with E-state index >= 15 is 0 Å². The summed E-state index contributed by atoms with van der Waals surface area (Å²) in [5, 5.41) is 26.0. The van der Waals surface area contributed by atoms with Gasteiger partial charge in [-0.25, -0.2) is 0 Å². The zero-order valence-electron chi connectivity index (χ0n) is 24.8. The molecule has 0 amide bonds. The molecule has 4 nitrogen and oxygen atoms in total. The van der Waals surface area contributed by atoms with Crippen LogP contribution >= 0.6 is 0 Å².